The molecule has 0 fully saturated rings. The second-order valence-electron chi connectivity index (χ2n) is 14.0. The third-order valence-electron chi connectivity index (χ3n) is 10.3. The molecule has 0 aromatic heterocycles. The summed E-state index contributed by atoms with van der Waals surface area (Å²) in [5.74, 6) is 0. The second kappa shape index (κ2) is 21.0. The molecule has 1 N–H and O–H groups in total. The zero-order chi connectivity index (χ0) is 41.4. The molecule has 0 saturated carbocycles. The number of rotatable bonds is 13. The molecule has 0 unspecified atom stereocenters. The first-order valence-electron chi connectivity index (χ1n) is 20.9. The Bertz CT molecular complexity index is 2430. The molecule has 6 aromatic rings. The quantitative estimate of drug-likeness (QED) is 0.0930. The summed E-state index contributed by atoms with van der Waals surface area (Å²) in [6, 6.07) is 52.6. The first-order valence-corrected chi connectivity index (χ1v) is 20.9. The van der Waals surface area contributed by atoms with E-state index in [1.54, 1.807) is 0 Å². The fraction of sp³-hybridized carbons (Fsp3) is 0.123. The van der Waals surface area contributed by atoms with Gasteiger partial charge in [0, 0.05) is 5.56 Å². The van der Waals surface area contributed by atoms with Gasteiger partial charge in [-0.3, -0.25) is 10.4 Å². The highest BCUT2D eigenvalue weighted by atomic mass is 15.5. The van der Waals surface area contributed by atoms with Gasteiger partial charge in [-0.25, -0.2) is 0 Å². The predicted molar refractivity (Wildman–Crippen MR) is 261 cm³/mol. The zero-order valence-electron chi connectivity index (χ0n) is 35.2. The number of allylic oxidation sites excluding steroid dienone is 13. The molecule has 0 aliphatic heterocycles. The van der Waals surface area contributed by atoms with E-state index in [1.807, 2.05) is 26.8 Å². The van der Waals surface area contributed by atoms with Crippen molar-refractivity contribution in [1.82, 2.24) is 0 Å². The minimum absolute atomic E-state index is 0.943. The van der Waals surface area contributed by atoms with Gasteiger partial charge in [0.15, 0.2) is 0 Å². The number of nitrogens with zero attached hydrogens (tertiary/aromatic N) is 1. The van der Waals surface area contributed by atoms with Gasteiger partial charge in [0.25, 0.3) is 0 Å². The van der Waals surface area contributed by atoms with Gasteiger partial charge < -0.3 is 0 Å². The van der Waals surface area contributed by atoms with Crippen LogP contribution in [0.2, 0.25) is 0 Å². The Morgan fingerprint density at radius 2 is 1.19 bits per heavy atom. The van der Waals surface area contributed by atoms with E-state index in [1.165, 1.54) is 39.0 Å². The lowest BCUT2D eigenvalue weighted by atomic mass is 9.91. The van der Waals surface area contributed by atoms with Gasteiger partial charge in [0.05, 0.1) is 17.1 Å². The van der Waals surface area contributed by atoms with Crippen molar-refractivity contribution in [2.45, 2.75) is 47.5 Å². The van der Waals surface area contributed by atoms with Crippen LogP contribution in [0.15, 0.2) is 213 Å². The number of hydrazine groups is 1. The van der Waals surface area contributed by atoms with Crippen molar-refractivity contribution >= 4 is 33.8 Å². The van der Waals surface area contributed by atoms with Crippen molar-refractivity contribution in [3.63, 3.8) is 0 Å². The molecule has 294 valence electrons. The van der Waals surface area contributed by atoms with Gasteiger partial charge in [-0.1, -0.05) is 185 Å². The number of hydrogen-bond donors (Lipinski definition) is 1. The molecular formula is C57H56N2. The molecule has 0 bridgehead atoms. The standard InChI is InChI=1S/C55H50N2.C2H6/c1-5-9-20-42(8-4)48-31-36-54(51-38-49(44-23-16-12-17-24-44)37-50(39-51)45-25-18-13-19-26-45)55(40-48)56-57(52-32-27-46(28-33-52)41(6-2)7-3)53-34-29-47(30-35-53)43-21-14-10-11-15-22-43;1-2/h6-10,12-40,56H,2,5,11H2,1,3-4H3;1-2H3/b20-9-,41-7+,42-8+;. The maximum atomic E-state index is 4.05. The molecule has 1 aliphatic rings. The molecule has 2 nitrogen and oxygen atoms in total. The summed E-state index contributed by atoms with van der Waals surface area (Å²) < 4.78 is 0. The van der Waals surface area contributed by atoms with Crippen LogP contribution in [0.25, 0.3) is 50.1 Å². The molecule has 0 amide bonds. The van der Waals surface area contributed by atoms with Gasteiger partial charge in [0.2, 0.25) is 0 Å². The Morgan fingerprint density at radius 1 is 0.610 bits per heavy atom. The van der Waals surface area contributed by atoms with E-state index >= 15 is 0 Å². The summed E-state index contributed by atoms with van der Waals surface area (Å²) in [6.07, 6.45) is 23.5. The lowest BCUT2D eigenvalue weighted by molar-refractivity contribution is 1.16. The average Bonchev–Trinajstić information content (AvgIpc) is 3.60. The van der Waals surface area contributed by atoms with Gasteiger partial charge in [-0.05, 0) is 136 Å². The van der Waals surface area contributed by atoms with Crippen LogP contribution in [-0.4, -0.2) is 0 Å². The first kappa shape index (κ1) is 41.7. The van der Waals surface area contributed by atoms with Gasteiger partial charge >= 0.3 is 0 Å². The summed E-state index contributed by atoms with van der Waals surface area (Å²) in [4.78, 5) is 0. The second-order valence-corrected chi connectivity index (χ2v) is 14.0. The molecule has 59 heavy (non-hydrogen) atoms. The summed E-state index contributed by atoms with van der Waals surface area (Å²) in [5, 5.41) is 2.20. The van der Waals surface area contributed by atoms with E-state index in [0.29, 0.717) is 0 Å². The maximum Gasteiger partial charge on any atom is 0.0630 e. The van der Waals surface area contributed by atoms with E-state index < -0.39 is 0 Å². The van der Waals surface area contributed by atoms with Crippen LogP contribution in [0.5, 0.6) is 0 Å². The molecule has 7 rings (SSSR count). The SMILES string of the molecule is C=C/C(=C\C)c1ccc(N(Nc2cc(C(/C=C\CC)=C/C)ccc2-c2cc(-c3ccccc3)cc(-c3ccccc3)c2)c2ccc(C3=CC=CCC=C3)cc2)cc1.CC. The van der Waals surface area contributed by atoms with Crippen LogP contribution in [0.1, 0.15) is 64.2 Å². The summed E-state index contributed by atoms with van der Waals surface area (Å²) >= 11 is 0. The lowest BCUT2D eigenvalue weighted by Crippen LogP contribution is -2.25. The van der Waals surface area contributed by atoms with E-state index in [9.17, 15) is 0 Å². The van der Waals surface area contributed by atoms with E-state index in [4.69, 9.17) is 0 Å². The Labute approximate surface area is 353 Å². The largest absolute Gasteiger partial charge is 0.293 e. The molecule has 0 saturated heterocycles. The Hall–Kier alpha value is -6.90. The maximum absolute atomic E-state index is 4.05. The predicted octanol–water partition coefficient (Wildman–Crippen LogP) is 16.7. The molecule has 0 atom stereocenters. The topological polar surface area (TPSA) is 15.3 Å². The number of nitrogens with one attached hydrogen (secondary N) is 1. The molecule has 0 spiro atoms. The first-order chi connectivity index (χ1) is 29.1. The van der Waals surface area contributed by atoms with Crippen molar-refractivity contribution in [1.29, 1.82) is 0 Å². The Morgan fingerprint density at radius 3 is 1.76 bits per heavy atom. The molecular weight excluding hydrogens is 713 g/mol. The minimum Gasteiger partial charge on any atom is -0.293 e. The number of benzene rings is 6. The molecule has 1 aliphatic carbocycles. The summed E-state index contributed by atoms with van der Waals surface area (Å²) in [6.45, 7) is 14.4. The van der Waals surface area contributed by atoms with Gasteiger partial charge in [-0.2, -0.15) is 0 Å². The van der Waals surface area contributed by atoms with Gasteiger partial charge in [0.1, 0.15) is 0 Å². The van der Waals surface area contributed by atoms with E-state index in [-0.39, 0.29) is 0 Å². The normalized spacial score (nSPS) is 12.7. The zero-order valence-corrected chi connectivity index (χ0v) is 35.2. The van der Waals surface area contributed by atoms with Crippen LogP contribution in [0.4, 0.5) is 17.1 Å². The highest BCUT2D eigenvalue weighted by Gasteiger charge is 2.17. The van der Waals surface area contributed by atoms with Gasteiger partial charge in [-0.15, -0.1) is 0 Å². The Kier molecular flexibility index (Phi) is 14.9. The van der Waals surface area contributed by atoms with Crippen molar-refractivity contribution in [3.8, 4) is 33.4 Å². The number of anilines is 3. The van der Waals surface area contributed by atoms with Crippen molar-refractivity contribution in [2.75, 3.05) is 10.4 Å². The van der Waals surface area contributed by atoms with Crippen molar-refractivity contribution < 1.29 is 0 Å². The highest BCUT2D eigenvalue weighted by molar-refractivity contribution is 5.90. The molecule has 0 radical (unpaired) electrons. The Balaban J connectivity index is 0.00000288. The summed E-state index contributed by atoms with van der Waals surface area (Å²) in [5.41, 5.74) is 20.8. The van der Waals surface area contributed by atoms with Crippen molar-refractivity contribution in [3.05, 3.63) is 230 Å². The summed E-state index contributed by atoms with van der Waals surface area (Å²) in [7, 11) is 0. The minimum atomic E-state index is 0.943. The number of hydrogen-bond acceptors (Lipinski definition) is 2. The van der Waals surface area contributed by atoms with Crippen LogP contribution in [0, 0.1) is 0 Å². The molecule has 2 heteroatoms. The molecule has 0 heterocycles. The van der Waals surface area contributed by atoms with Crippen LogP contribution >= 0.6 is 0 Å². The van der Waals surface area contributed by atoms with E-state index in [0.717, 1.165) is 57.7 Å². The highest BCUT2D eigenvalue weighted by Crippen LogP contribution is 2.39. The fourth-order valence-corrected chi connectivity index (χ4v) is 7.23. The smallest absolute Gasteiger partial charge is 0.0630 e. The lowest BCUT2D eigenvalue weighted by Gasteiger charge is -2.29. The van der Waals surface area contributed by atoms with E-state index in [2.05, 4.69) is 231 Å². The van der Waals surface area contributed by atoms with Crippen LogP contribution < -0.4 is 10.4 Å². The average molecular weight is 769 g/mol. The monoisotopic (exact) mass is 768 g/mol. The third kappa shape index (κ3) is 10.3. The third-order valence-corrected chi connectivity index (χ3v) is 10.3. The van der Waals surface area contributed by atoms with Crippen LogP contribution in [0.3, 0.4) is 0 Å². The van der Waals surface area contributed by atoms with Crippen LogP contribution in [-0.2, 0) is 0 Å². The fourth-order valence-electron chi connectivity index (χ4n) is 7.23. The van der Waals surface area contributed by atoms with Crippen molar-refractivity contribution in [2.24, 2.45) is 0 Å². The molecule has 6 aromatic carbocycles.